The van der Waals surface area contributed by atoms with Gasteiger partial charge in [-0.15, -0.1) is 24.0 Å². The zero-order valence-electron chi connectivity index (χ0n) is 17.8. The highest BCUT2D eigenvalue weighted by Crippen LogP contribution is 2.15. The maximum atomic E-state index is 5.99. The minimum atomic E-state index is 0. The average Bonchev–Trinajstić information content (AvgIpc) is 3.28. The van der Waals surface area contributed by atoms with Crippen LogP contribution in [0.4, 0.5) is 0 Å². The number of ether oxygens (including phenoxy) is 2. The molecule has 0 bridgehead atoms. The summed E-state index contributed by atoms with van der Waals surface area (Å²) in [5, 5.41) is 3.53. The first-order valence-electron chi connectivity index (χ1n) is 10.6. The Balaban J connectivity index is 0.00000320. The molecule has 3 rings (SSSR count). The van der Waals surface area contributed by atoms with E-state index in [1.807, 2.05) is 18.2 Å². The normalized spacial score (nSPS) is 15.1. The molecule has 7 heteroatoms. The predicted octanol–water partition coefficient (Wildman–Crippen LogP) is 4.10. The predicted molar refractivity (Wildman–Crippen MR) is 130 cm³/mol. The molecule has 2 aromatic rings. The van der Waals surface area contributed by atoms with Crippen molar-refractivity contribution in [3.63, 3.8) is 0 Å². The highest BCUT2D eigenvalue weighted by atomic mass is 127. The fourth-order valence-corrected chi connectivity index (χ4v) is 3.46. The van der Waals surface area contributed by atoms with Crippen molar-refractivity contribution in [2.24, 2.45) is 4.99 Å². The molecule has 1 saturated heterocycles. The number of nitrogens with one attached hydrogen (secondary N) is 1. The van der Waals surface area contributed by atoms with E-state index in [0.717, 1.165) is 70.3 Å². The van der Waals surface area contributed by atoms with Crippen LogP contribution in [0, 0.1) is 0 Å². The maximum absolute atomic E-state index is 5.99. The number of benzene rings is 1. The van der Waals surface area contributed by atoms with E-state index < -0.39 is 0 Å². The minimum absolute atomic E-state index is 0. The number of likely N-dealkylation sites (tertiary alicyclic amines) is 1. The second-order valence-electron chi connectivity index (χ2n) is 7.29. The highest BCUT2D eigenvalue weighted by Gasteiger charge is 2.22. The van der Waals surface area contributed by atoms with Gasteiger partial charge in [0.25, 0.3) is 0 Å². The van der Waals surface area contributed by atoms with Crippen LogP contribution in [0.1, 0.15) is 30.6 Å². The molecule has 6 nitrogen and oxygen atoms in total. The van der Waals surface area contributed by atoms with E-state index in [4.69, 9.17) is 18.9 Å². The molecule has 0 saturated carbocycles. The number of aliphatic imine (C=N–C) groups is 1. The summed E-state index contributed by atoms with van der Waals surface area (Å²) in [4.78, 5) is 7.24. The van der Waals surface area contributed by atoms with Crippen LogP contribution < -0.4 is 5.32 Å². The van der Waals surface area contributed by atoms with E-state index >= 15 is 0 Å². The van der Waals surface area contributed by atoms with Crippen LogP contribution >= 0.6 is 24.0 Å². The van der Waals surface area contributed by atoms with E-state index in [-0.39, 0.29) is 24.0 Å². The van der Waals surface area contributed by atoms with Crippen LogP contribution in [-0.4, -0.2) is 56.9 Å². The Labute approximate surface area is 197 Å². The van der Waals surface area contributed by atoms with Crippen LogP contribution in [0.3, 0.4) is 0 Å². The van der Waals surface area contributed by atoms with E-state index in [1.165, 1.54) is 5.56 Å². The summed E-state index contributed by atoms with van der Waals surface area (Å²) in [5.74, 6) is 1.96. The van der Waals surface area contributed by atoms with Crippen molar-refractivity contribution in [3.8, 4) is 0 Å². The molecule has 0 unspecified atom stereocenters. The Morgan fingerprint density at radius 1 is 1.13 bits per heavy atom. The van der Waals surface area contributed by atoms with Crippen molar-refractivity contribution in [1.29, 1.82) is 0 Å². The van der Waals surface area contributed by atoms with Gasteiger partial charge >= 0.3 is 0 Å². The molecule has 0 aliphatic carbocycles. The molecule has 1 aromatic heterocycles. The lowest BCUT2D eigenvalue weighted by Crippen LogP contribution is -2.47. The van der Waals surface area contributed by atoms with Crippen LogP contribution in [0.25, 0.3) is 0 Å². The molecule has 0 spiro atoms. The molecule has 1 aliphatic heterocycles. The number of rotatable bonds is 10. The number of furan rings is 1. The van der Waals surface area contributed by atoms with Gasteiger partial charge in [-0.1, -0.05) is 30.3 Å². The number of hydrogen-bond donors (Lipinski definition) is 1. The van der Waals surface area contributed by atoms with Gasteiger partial charge < -0.3 is 24.1 Å². The minimum Gasteiger partial charge on any atom is -0.469 e. The smallest absolute Gasteiger partial charge is 0.194 e. The average molecular weight is 527 g/mol. The third-order valence-corrected chi connectivity index (χ3v) is 5.08. The molecule has 2 heterocycles. The van der Waals surface area contributed by atoms with Gasteiger partial charge in [0.1, 0.15) is 5.76 Å². The first-order valence-corrected chi connectivity index (χ1v) is 10.6. The topological polar surface area (TPSA) is 59.2 Å². The van der Waals surface area contributed by atoms with Crippen LogP contribution in [0.15, 0.2) is 58.1 Å². The zero-order chi connectivity index (χ0) is 20.2. The monoisotopic (exact) mass is 527 g/mol. The molecule has 166 valence electrons. The lowest BCUT2D eigenvalue weighted by molar-refractivity contribution is 0.00989. The van der Waals surface area contributed by atoms with Crippen molar-refractivity contribution in [2.45, 2.75) is 38.3 Å². The Kier molecular flexibility index (Phi) is 11.9. The van der Waals surface area contributed by atoms with Gasteiger partial charge in [-0.2, -0.15) is 0 Å². The van der Waals surface area contributed by atoms with Gasteiger partial charge in [0.05, 0.1) is 18.9 Å². The summed E-state index contributed by atoms with van der Waals surface area (Å²) in [6, 6.07) is 14.3. The summed E-state index contributed by atoms with van der Waals surface area (Å²) in [6.07, 6.45) is 5.90. The largest absolute Gasteiger partial charge is 0.469 e. The van der Waals surface area contributed by atoms with Crippen molar-refractivity contribution in [1.82, 2.24) is 10.2 Å². The second kappa shape index (κ2) is 14.4. The summed E-state index contributed by atoms with van der Waals surface area (Å²) >= 11 is 0. The highest BCUT2D eigenvalue weighted by molar-refractivity contribution is 14.0. The van der Waals surface area contributed by atoms with Crippen LogP contribution in [0.2, 0.25) is 0 Å². The Hall–Kier alpha value is -1.58. The zero-order valence-corrected chi connectivity index (χ0v) is 20.1. The summed E-state index contributed by atoms with van der Waals surface area (Å²) in [7, 11) is 1.73. The molecule has 1 aromatic carbocycles. The molecule has 0 amide bonds. The third-order valence-electron chi connectivity index (χ3n) is 5.08. The standard InChI is InChI=1S/C23H33N3O3.HI/c1-27-16-6-18-29-22-11-14-26(15-12-22)23(24-13-10-21-9-5-17-28-21)25-19-20-7-3-2-4-8-20;/h2-5,7-9,17,22H,6,10-16,18-19H2,1H3,(H,24,25);1H. The summed E-state index contributed by atoms with van der Waals surface area (Å²) in [5.41, 5.74) is 1.22. The number of guanidine groups is 1. The summed E-state index contributed by atoms with van der Waals surface area (Å²) in [6.45, 7) is 4.92. The lowest BCUT2D eigenvalue weighted by Gasteiger charge is -2.34. The molecular weight excluding hydrogens is 493 g/mol. The maximum Gasteiger partial charge on any atom is 0.194 e. The number of piperidine rings is 1. The number of nitrogens with zero attached hydrogens (tertiary/aromatic N) is 2. The van der Waals surface area contributed by atoms with Crippen molar-refractivity contribution >= 4 is 29.9 Å². The number of hydrogen-bond acceptors (Lipinski definition) is 4. The van der Waals surface area contributed by atoms with Gasteiger partial charge in [0, 0.05) is 46.4 Å². The van der Waals surface area contributed by atoms with Crippen LogP contribution in [-0.2, 0) is 22.4 Å². The molecule has 0 radical (unpaired) electrons. The molecule has 1 fully saturated rings. The fourth-order valence-electron chi connectivity index (χ4n) is 3.46. The van der Waals surface area contributed by atoms with E-state index in [0.29, 0.717) is 12.6 Å². The van der Waals surface area contributed by atoms with Crippen LogP contribution in [0.5, 0.6) is 0 Å². The Morgan fingerprint density at radius 2 is 1.93 bits per heavy atom. The molecule has 1 N–H and O–H groups in total. The van der Waals surface area contributed by atoms with Gasteiger partial charge in [-0.25, -0.2) is 4.99 Å². The van der Waals surface area contributed by atoms with E-state index in [9.17, 15) is 0 Å². The van der Waals surface area contributed by atoms with E-state index in [2.05, 4.69) is 34.5 Å². The lowest BCUT2D eigenvalue weighted by atomic mass is 10.1. The summed E-state index contributed by atoms with van der Waals surface area (Å²) < 4.78 is 16.5. The Bertz CT molecular complexity index is 702. The number of halogens is 1. The van der Waals surface area contributed by atoms with Crippen molar-refractivity contribution in [3.05, 3.63) is 60.1 Å². The molecular formula is C23H34IN3O3. The van der Waals surface area contributed by atoms with Crippen molar-refractivity contribution in [2.75, 3.05) is 40.0 Å². The first kappa shape index (κ1) is 24.7. The van der Waals surface area contributed by atoms with Gasteiger partial charge in [-0.3, -0.25) is 0 Å². The molecule has 1 aliphatic rings. The van der Waals surface area contributed by atoms with E-state index in [1.54, 1.807) is 13.4 Å². The van der Waals surface area contributed by atoms with Gasteiger partial charge in [0.15, 0.2) is 5.96 Å². The van der Waals surface area contributed by atoms with Crippen molar-refractivity contribution < 1.29 is 13.9 Å². The SMILES string of the molecule is COCCCOC1CCN(C(=NCc2ccccc2)NCCc2ccco2)CC1.I. The first-order chi connectivity index (χ1) is 14.3. The number of methoxy groups -OCH3 is 1. The second-order valence-corrected chi connectivity index (χ2v) is 7.29. The third kappa shape index (κ3) is 8.65. The quantitative estimate of drug-likeness (QED) is 0.218. The molecule has 30 heavy (non-hydrogen) atoms. The fraction of sp³-hybridized carbons (Fsp3) is 0.522. The Morgan fingerprint density at radius 3 is 2.63 bits per heavy atom. The molecule has 0 atom stereocenters. The van der Waals surface area contributed by atoms with Gasteiger partial charge in [-0.05, 0) is 37.0 Å². The van der Waals surface area contributed by atoms with Gasteiger partial charge in [0.2, 0.25) is 0 Å².